The molecular weight excluding hydrogens is 257 g/mol. The van der Waals surface area contributed by atoms with Crippen molar-refractivity contribution in [3.63, 3.8) is 0 Å². The largest absolute Gasteiger partial charge is 0.335 e. The highest BCUT2D eigenvalue weighted by Crippen LogP contribution is 2.19. The lowest BCUT2D eigenvalue weighted by Crippen LogP contribution is -2.51. The molecule has 2 fully saturated rings. The smallest absolute Gasteiger partial charge is 0.317 e. The molecule has 1 aromatic carbocycles. The molecule has 3 rings (SSSR count). The van der Waals surface area contributed by atoms with Gasteiger partial charge in [-0.25, -0.2) is 9.18 Å². The number of hydrogen-bond donors (Lipinski definition) is 1. The molecule has 1 N–H and O–H groups in total. The van der Waals surface area contributed by atoms with E-state index in [1.165, 1.54) is 6.07 Å². The summed E-state index contributed by atoms with van der Waals surface area (Å²) in [6, 6.07) is 7.34. The quantitative estimate of drug-likeness (QED) is 0.914. The molecule has 1 saturated heterocycles. The van der Waals surface area contributed by atoms with E-state index >= 15 is 0 Å². The van der Waals surface area contributed by atoms with Crippen molar-refractivity contribution in [1.82, 2.24) is 15.1 Å². The molecular formula is C15H20FN3O. The van der Waals surface area contributed by atoms with Crippen molar-refractivity contribution in [2.45, 2.75) is 25.4 Å². The molecule has 0 aromatic heterocycles. The zero-order valence-electron chi connectivity index (χ0n) is 11.5. The van der Waals surface area contributed by atoms with E-state index in [-0.39, 0.29) is 11.8 Å². The van der Waals surface area contributed by atoms with Crippen molar-refractivity contribution < 1.29 is 9.18 Å². The van der Waals surface area contributed by atoms with Crippen LogP contribution >= 0.6 is 0 Å². The first-order chi connectivity index (χ1) is 9.72. The Kier molecular flexibility index (Phi) is 3.87. The first kappa shape index (κ1) is 13.4. The summed E-state index contributed by atoms with van der Waals surface area (Å²) in [6.07, 6.45) is 2.22. The van der Waals surface area contributed by atoms with Crippen LogP contribution in [-0.4, -0.2) is 48.1 Å². The zero-order valence-corrected chi connectivity index (χ0v) is 11.5. The number of urea groups is 1. The molecule has 1 saturated carbocycles. The van der Waals surface area contributed by atoms with Crippen LogP contribution < -0.4 is 5.32 Å². The van der Waals surface area contributed by atoms with Crippen LogP contribution in [0.25, 0.3) is 0 Å². The van der Waals surface area contributed by atoms with Gasteiger partial charge in [-0.2, -0.15) is 0 Å². The molecule has 1 aromatic rings. The first-order valence-electron chi connectivity index (χ1n) is 7.23. The Labute approximate surface area is 118 Å². The summed E-state index contributed by atoms with van der Waals surface area (Å²) in [7, 11) is 0. The van der Waals surface area contributed by atoms with Crippen LogP contribution in [0.15, 0.2) is 24.3 Å². The lowest BCUT2D eigenvalue weighted by Gasteiger charge is -2.34. The topological polar surface area (TPSA) is 35.6 Å². The van der Waals surface area contributed by atoms with Crippen molar-refractivity contribution in [3.05, 3.63) is 35.6 Å². The highest BCUT2D eigenvalue weighted by molar-refractivity contribution is 5.75. The Morgan fingerprint density at radius 3 is 2.55 bits per heavy atom. The van der Waals surface area contributed by atoms with Crippen LogP contribution in [-0.2, 0) is 6.54 Å². The third-order valence-corrected chi connectivity index (χ3v) is 3.92. The van der Waals surface area contributed by atoms with Gasteiger partial charge in [0.25, 0.3) is 0 Å². The number of benzene rings is 1. The lowest BCUT2D eigenvalue weighted by molar-refractivity contribution is 0.134. The Morgan fingerprint density at radius 1 is 1.20 bits per heavy atom. The number of hydrogen-bond acceptors (Lipinski definition) is 2. The number of amides is 2. The van der Waals surface area contributed by atoms with Gasteiger partial charge in [-0.05, 0) is 18.9 Å². The minimum Gasteiger partial charge on any atom is -0.335 e. The molecule has 2 aliphatic rings. The molecule has 108 valence electrons. The number of piperazine rings is 1. The Morgan fingerprint density at radius 2 is 1.90 bits per heavy atom. The molecule has 4 nitrogen and oxygen atoms in total. The van der Waals surface area contributed by atoms with Gasteiger partial charge in [0.15, 0.2) is 0 Å². The molecule has 0 spiro atoms. The second kappa shape index (κ2) is 5.79. The number of rotatable bonds is 3. The standard InChI is InChI=1S/C15H20FN3O/c16-14-4-2-1-3-12(14)11-18-7-9-19(10-8-18)15(20)17-13-5-6-13/h1-4,13H,5-11H2,(H,17,20). The molecule has 1 aliphatic carbocycles. The molecule has 1 aliphatic heterocycles. The molecule has 1 heterocycles. The molecule has 0 bridgehead atoms. The molecule has 5 heteroatoms. The van der Waals surface area contributed by atoms with Crippen LogP contribution in [0.3, 0.4) is 0 Å². The van der Waals surface area contributed by atoms with Gasteiger partial charge in [-0.15, -0.1) is 0 Å². The van der Waals surface area contributed by atoms with Crippen LogP contribution in [0.1, 0.15) is 18.4 Å². The zero-order chi connectivity index (χ0) is 13.9. The summed E-state index contributed by atoms with van der Waals surface area (Å²) in [5.41, 5.74) is 0.725. The van der Waals surface area contributed by atoms with Gasteiger partial charge in [0, 0.05) is 44.3 Å². The van der Waals surface area contributed by atoms with E-state index in [9.17, 15) is 9.18 Å². The lowest BCUT2D eigenvalue weighted by atomic mass is 10.2. The number of halogens is 1. The van der Waals surface area contributed by atoms with Gasteiger partial charge >= 0.3 is 6.03 Å². The van der Waals surface area contributed by atoms with E-state index in [4.69, 9.17) is 0 Å². The summed E-state index contributed by atoms with van der Waals surface area (Å²) < 4.78 is 13.6. The fourth-order valence-corrected chi connectivity index (χ4v) is 2.47. The minimum atomic E-state index is -0.151. The average Bonchev–Trinajstić information content (AvgIpc) is 3.26. The van der Waals surface area contributed by atoms with Gasteiger partial charge in [0.2, 0.25) is 0 Å². The van der Waals surface area contributed by atoms with E-state index < -0.39 is 0 Å². The summed E-state index contributed by atoms with van der Waals surface area (Å²) in [5.74, 6) is -0.151. The Bertz CT molecular complexity index is 482. The Hall–Kier alpha value is -1.62. The highest BCUT2D eigenvalue weighted by Gasteiger charge is 2.27. The average molecular weight is 277 g/mol. The van der Waals surface area contributed by atoms with Crippen LogP contribution in [0.4, 0.5) is 9.18 Å². The summed E-state index contributed by atoms with van der Waals surface area (Å²) in [6.45, 7) is 3.64. The third kappa shape index (κ3) is 3.28. The second-order valence-corrected chi connectivity index (χ2v) is 5.58. The van der Waals surface area contributed by atoms with E-state index in [0.717, 1.165) is 31.5 Å². The first-order valence-corrected chi connectivity index (χ1v) is 7.23. The van der Waals surface area contributed by atoms with Gasteiger partial charge in [0.1, 0.15) is 5.82 Å². The van der Waals surface area contributed by atoms with E-state index in [0.29, 0.717) is 25.7 Å². The summed E-state index contributed by atoms with van der Waals surface area (Å²) in [4.78, 5) is 16.0. The molecule has 0 radical (unpaired) electrons. The number of carbonyl (C=O) groups excluding carboxylic acids is 1. The van der Waals surface area contributed by atoms with Gasteiger partial charge < -0.3 is 10.2 Å². The van der Waals surface area contributed by atoms with Gasteiger partial charge in [-0.1, -0.05) is 18.2 Å². The van der Waals surface area contributed by atoms with Crippen molar-refractivity contribution in [1.29, 1.82) is 0 Å². The number of carbonyl (C=O) groups is 1. The van der Waals surface area contributed by atoms with E-state index in [2.05, 4.69) is 10.2 Å². The summed E-state index contributed by atoms with van der Waals surface area (Å²) in [5, 5.41) is 3.01. The number of nitrogens with zero attached hydrogens (tertiary/aromatic N) is 2. The van der Waals surface area contributed by atoms with Crippen LogP contribution in [0.5, 0.6) is 0 Å². The molecule has 2 amide bonds. The van der Waals surface area contributed by atoms with Crippen molar-refractivity contribution >= 4 is 6.03 Å². The fourth-order valence-electron chi connectivity index (χ4n) is 2.47. The third-order valence-electron chi connectivity index (χ3n) is 3.92. The molecule has 0 unspecified atom stereocenters. The highest BCUT2D eigenvalue weighted by atomic mass is 19.1. The Balaban J connectivity index is 1.48. The van der Waals surface area contributed by atoms with Crippen molar-refractivity contribution in [3.8, 4) is 0 Å². The van der Waals surface area contributed by atoms with Crippen molar-refractivity contribution in [2.75, 3.05) is 26.2 Å². The SMILES string of the molecule is O=C(NC1CC1)N1CCN(Cc2ccccc2F)CC1. The summed E-state index contributed by atoms with van der Waals surface area (Å²) >= 11 is 0. The predicted molar refractivity (Wildman–Crippen MR) is 74.8 cm³/mol. The van der Waals surface area contributed by atoms with Crippen LogP contribution in [0.2, 0.25) is 0 Å². The van der Waals surface area contributed by atoms with Crippen molar-refractivity contribution in [2.24, 2.45) is 0 Å². The maximum absolute atomic E-state index is 13.6. The maximum atomic E-state index is 13.6. The van der Waals surface area contributed by atoms with Crippen LogP contribution in [0, 0.1) is 5.82 Å². The monoisotopic (exact) mass is 277 g/mol. The fraction of sp³-hybridized carbons (Fsp3) is 0.533. The minimum absolute atomic E-state index is 0.0537. The van der Waals surface area contributed by atoms with Gasteiger partial charge in [-0.3, -0.25) is 4.90 Å². The van der Waals surface area contributed by atoms with E-state index in [1.807, 2.05) is 17.0 Å². The molecule has 20 heavy (non-hydrogen) atoms. The number of nitrogens with one attached hydrogen (secondary N) is 1. The molecule has 0 atom stereocenters. The maximum Gasteiger partial charge on any atom is 0.317 e. The second-order valence-electron chi connectivity index (χ2n) is 5.58. The van der Waals surface area contributed by atoms with E-state index in [1.54, 1.807) is 6.07 Å². The predicted octanol–water partition coefficient (Wildman–Crippen LogP) is 1.82. The normalized spacial score (nSPS) is 19.9. The van der Waals surface area contributed by atoms with Gasteiger partial charge in [0.05, 0.1) is 0 Å².